The summed E-state index contributed by atoms with van der Waals surface area (Å²) in [4.78, 5) is 28.7. The number of aromatic nitrogens is 3. The molecule has 0 atom stereocenters. The summed E-state index contributed by atoms with van der Waals surface area (Å²) in [6.45, 7) is 3.39. The average Bonchev–Trinajstić information content (AvgIpc) is 3.08. The van der Waals surface area contributed by atoms with E-state index in [-0.39, 0.29) is 17.4 Å². The molecule has 1 fully saturated rings. The average molecular weight is 334 g/mol. The van der Waals surface area contributed by atoms with E-state index in [1.807, 2.05) is 4.90 Å². The Hall–Kier alpha value is -2.84. The van der Waals surface area contributed by atoms with Gasteiger partial charge in [0.15, 0.2) is 5.69 Å². The van der Waals surface area contributed by atoms with Crippen LogP contribution in [0.15, 0.2) is 27.6 Å². The van der Waals surface area contributed by atoms with E-state index in [0.717, 1.165) is 12.8 Å². The second-order valence-electron chi connectivity index (χ2n) is 5.30. The zero-order valence-corrected chi connectivity index (χ0v) is 13.2. The lowest BCUT2D eigenvalue weighted by molar-refractivity contribution is 0.0519. The summed E-state index contributed by atoms with van der Waals surface area (Å²) in [5.74, 6) is -0.0939. The number of nitrogens with one attached hydrogen (secondary N) is 1. The summed E-state index contributed by atoms with van der Waals surface area (Å²) in [7, 11) is 0. The van der Waals surface area contributed by atoms with Gasteiger partial charge in [-0.25, -0.2) is 9.89 Å². The lowest BCUT2D eigenvalue weighted by Gasteiger charge is -2.30. The van der Waals surface area contributed by atoms with Crippen molar-refractivity contribution in [3.63, 3.8) is 0 Å². The second-order valence-corrected chi connectivity index (χ2v) is 5.30. The number of H-pyrrole nitrogens is 1. The topological polar surface area (TPSA) is 111 Å². The van der Waals surface area contributed by atoms with Crippen LogP contribution < -0.4 is 15.2 Å². The van der Waals surface area contributed by atoms with Gasteiger partial charge < -0.3 is 18.8 Å². The van der Waals surface area contributed by atoms with Crippen molar-refractivity contribution in [1.29, 1.82) is 0 Å². The Morgan fingerprint density at radius 3 is 2.88 bits per heavy atom. The van der Waals surface area contributed by atoms with Gasteiger partial charge in [0.1, 0.15) is 12.4 Å². The van der Waals surface area contributed by atoms with Crippen LogP contribution in [0.25, 0.3) is 0 Å². The molecule has 0 amide bonds. The molecule has 9 nitrogen and oxygen atoms in total. The van der Waals surface area contributed by atoms with Crippen molar-refractivity contribution in [2.75, 3.05) is 24.6 Å². The number of hydrogen-bond donors (Lipinski definition) is 1. The molecule has 3 heterocycles. The maximum absolute atomic E-state index is 11.6. The highest BCUT2D eigenvalue weighted by atomic mass is 16.5. The van der Waals surface area contributed by atoms with Gasteiger partial charge in [0.05, 0.1) is 6.61 Å². The summed E-state index contributed by atoms with van der Waals surface area (Å²) in [6, 6.07) is 3.32. The van der Waals surface area contributed by atoms with Gasteiger partial charge in [0, 0.05) is 38.1 Å². The normalized spacial score (nSPS) is 15.3. The van der Waals surface area contributed by atoms with Gasteiger partial charge >= 0.3 is 5.97 Å². The van der Waals surface area contributed by atoms with Crippen molar-refractivity contribution >= 4 is 12.0 Å². The molecule has 1 N–H and O–H groups in total. The van der Waals surface area contributed by atoms with Crippen LogP contribution >= 0.6 is 0 Å². The molecule has 1 saturated heterocycles. The third kappa shape index (κ3) is 3.73. The highest BCUT2D eigenvalue weighted by molar-refractivity contribution is 5.87. The predicted octanol–water partition coefficient (Wildman–Crippen LogP) is 0.982. The number of nitrogens with zero attached hydrogens (tertiary/aromatic N) is 3. The first-order valence-corrected chi connectivity index (χ1v) is 7.75. The van der Waals surface area contributed by atoms with Crippen LogP contribution in [0.4, 0.5) is 6.01 Å². The first kappa shape index (κ1) is 16.0. The summed E-state index contributed by atoms with van der Waals surface area (Å²) in [5, 5.41) is 6.17. The van der Waals surface area contributed by atoms with E-state index < -0.39 is 5.97 Å². The number of rotatable bonds is 5. The van der Waals surface area contributed by atoms with Gasteiger partial charge in [-0.1, -0.05) is 0 Å². The Morgan fingerprint density at radius 1 is 1.42 bits per heavy atom. The predicted molar refractivity (Wildman–Crippen MR) is 83.2 cm³/mol. The van der Waals surface area contributed by atoms with Gasteiger partial charge in [-0.15, -0.1) is 5.10 Å². The summed E-state index contributed by atoms with van der Waals surface area (Å²) in [6.07, 6.45) is 2.80. The molecule has 0 spiro atoms. The van der Waals surface area contributed by atoms with Crippen LogP contribution in [-0.2, 0) is 4.74 Å². The monoisotopic (exact) mass is 334 g/mol. The fourth-order valence-electron chi connectivity index (χ4n) is 2.44. The first-order chi connectivity index (χ1) is 11.7. The standard InChI is InChI=1S/C15H18N4O5/c1-2-22-14(21)11-9-23-15(16-11)19-7-5-10(6-8-19)24-13-4-3-12(20)17-18-13/h3-4,9-10H,2,5-8H2,1H3,(H,17,20). The van der Waals surface area contributed by atoms with Crippen LogP contribution in [0.5, 0.6) is 5.88 Å². The van der Waals surface area contributed by atoms with E-state index in [2.05, 4.69) is 15.2 Å². The third-order valence-corrected chi connectivity index (χ3v) is 3.63. The number of esters is 1. The number of oxazole rings is 1. The molecule has 0 saturated carbocycles. The molecule has 0 unspecified atom stereocenters. The molecule has 1 aliphatic heterocycles. The van der Waals surface area contributed by atoms with E-state index in [0.29, 0.717) is 31.6 Å². The van der Waals surface area contributed by atoms with Gasteiger partial charge in [0.25, 0.3) is 11.6 Å². The SMILES string of the molecule is CCOC(=O)c1coc(N2CCC(Oc3ccc(=O)[nH]n3)CC2)n1. The number of carbonyl (C=O) groups excluding carboxylic acids is 1. The maximum Gasteiger partial charge on any atom is 0.360 e. The van der Waals surface area contributed by atoms with Crippen LogP contribution in [0.3, 0.4) is 0 Å². The molecule has 2 aromatic heterocycles. The van der Waals surface area contributed by atoms with E-state index >= 15 is 0 Å². The van der Waals surface area contributed by atoms with E-state index in [9.17, 15) is 9.59 Å². The molecule has 0 aliphatic carbocycles. The first-order valence-electron chi connectivity index (χ1n) is 7.75. The number of ether oxygens (including phenoxy) is 2. The lowest BCUT2D eigenvalue weighted by atomic mass is 10.1. The highest BCUT2D eigenvalue weighted by Crippen LogP contribution is 2.22. The molecule has 3 rings (SSSR count). The van der Waals surface area contributed by atoms with Gasteiger partial charge in [-0.05, 0) is 6.92 Å². The molecule has 2 aromatic rings. The minimum Gasteiger partial charge on any atom is -0.473 e. The fourth-order valence-corrected chi connectivity index (χ4v) is 2.44. The lowest BCUT2D eigenvalue weighted by Crippen LogP contribution is -2.38. The van der Waals surface area contributed by atoms with E-state index in [1.165, 1.54) is 12.3 Å². The molecule has 0 bridgehead atoms. The van der Waals surface area contributed by atoms with Crippen molar-refractivity contribution in [3.05, 3.63) is 34.4 Å². The zero-order chi connectivity index (χ0) is 16.9. The molecule has 24 heavy (non-hydrogen) atoms. The molecule has 9 heteroatoms. The van der Waals surface area contributed by atoms with Gasteiger partial charge in [-0.2, -0.15) is 4.98 Å². The van der Waals surface area contributed by atoms with Crippen LogP contribution in [0, 0.1) is 0 Å². The van der Waals surface area contributed by atoms with E-state index in [1.54, 1.807) is 13.0 Å². The minimum atomic E-state index is -0.491. The molecule has 1 aliphatic rings. The fraction of sp³-hybridized carbons (Fsp3) is 0.467. The maximum atomic E-state index is 11.6. The summed E-state index contributed by atoms with van der Waals surface area (Å²) in [5.41, 5.74) is -0.0962. The van der Waals surface area contributed by atoms with Crippen molar-refractivity contribution < 1.29 is 18.7 Å². The number of anilines is 1. The van der Waals surface area contributed by atoms with E-state index in [4.69, 9.17) is 13.9 Å². The third-order valence-electron chi connectivity index (χ3n) is 3.63. The molecule has 0 aromatic carbocycles. The smallest absolute Gasteiger partial charge is 0.360 e. The minimum absolute atomic E-state index is 0.000795. The molecular formula is C15H18N4O5. The molecule has 0 radical (unpaired) electrons. The quantitative estimate of drug-likeness (QED) is 0.806. The second kappa shape index (κ2) is 7.16. The Morgan fingerprint density at radius 2 is 2.21 bits per heavy atom. The van der Waals surface area contributed by atoms with Crippen molar-refractivity contribution in [3.8, 4) is 5.88 Å². The Bertz CT molecular complexity index is 728. The van der Waals surface area contributed by atoms with Crippen molar-refractivity contribution in [1.82, 2.24) is 15.2 Å². The van der Waals surface area contributed by atoms with Crippen LogP contribution in [0.2, 0.25) is 0 Å². The molecular weight excluding hydrogens is 316 g/mol. The van der Waals surface area contributed by atoms with Crippen LogP contribution in [0.1, 0.15) is 30.3 Å². The number of carbonyl (C=O) groups is 1. The van der Waals surface area contributed by atoms with Crippen molar-refractivity contribution in [2.45, 2.75) is 25.9 Å². The van der Waals surface area contributed by atoms with Crippen molar-refractivity contribution in [2.24, 2.45) is 0 Å². The number of hydrogen-bond acceptors (Lipinski definition) is 8. The summed E-state index contributed by atoms with van der Waals surface area (Å²) >= 11 is 0. The zero-order valence-electron chi connectivity index (χ0n) is 13.2. The highest BCUT2D eigenvalue weighted by Gasteiger charge is 2.25. The van der Waals surface area contributed by atoms with Crippen LogP contribution in [-0.4, -0.2) is 47.0 Å². The molecule has 128 valence electrons. The largest absolute Gasteiger partial charge is 0.473 e. The summed E-state index contributed by atoms with van der Waals surface area (Å²) < 4.78 is 16.0. The Balaban J connectivity index is 1.54. The Labute approximate surface area is 137 Å². The van der Waals surface area contributed by atoms with Gasteiger partial charge in [0.2, 0.25) is 5.88 Å². The number of aromatic amines is 1. The number of piperidine rings is 1. The Kier molecular flexibility index (Phi) is 4.78. The van der Waals surface area contributed by atoms with Gasteiger partial charge in [-0.3, -0.25) is 4.79 Å².